The lowest BCUT2D eigenvalue weighted by atomic mass is 9.95. The Balaban J connectivity index is 2.82. The Morgan fingerprint density at radius 1 is 1.38 bits per heavy atom. The van der Waals surface area contributed by atoms with Gasteiger partial charge in [-0.25, -0.2) is 0 Å². The lowest BCUT2D eigenvalue weighted by Crippen LogP contribution is -2.17. The van der Waals surface area contributed by atoms with Crippen molar-refractivity contribution in [3.05, 3.63) is 47.0 Å². The SMILES string of the molecule is C=C(C)CCC(NC)c1ccc(C)cc1C. The molecule has 0 spiro atoms. The van der Waals surface area contributed by atoms with Crippen molar-refractivity contribution >= 4 is 0 Å². The van der Waals surface area contributed by atoms with Crippen LogP contribution in [0.15, 0.2) is 30.4 Å². The molecular weight excluding hydrogens is 194 g/mol. The average molecular weight is 217 g/mol. The molecule has 0 heterocycles. The average Bonchev–Trinajstić information content (AvgIpc) is 2.21. The molecule has 0 bridgehead atoms. The minimum atomic E-state index is 0.442. The minimum absolute atomic E-state index is 0.442. The maximum Gasteiger partial charge on any atom is 0.0323 e. The van der Waals surface area contributed by atoms with Crippen molar-refractivity contribution < 1.29 is 0 Å². The van der Waals surface area contributed by atoms with Crippen LogP contribution in [0.1, 0.15) is 42.5 Å². The predicted octanol–water partition coefficient (Wildman–Crippen LogP) is 3.92. The smallest absolute Gasteiger partial charge is 0.0323 e. The van der Waals surface area contributed by atoms with Crippen LogP contribution in [0.4, 0.5) is 0 Å². The first-order chi connectivity index (χ1) is 7.54. The van der Waals surface area contributed by atoms with Gasteiger partial charge in [-0.3, -0.25) is 0 Å². The highest BCUT2D eigenvalue weighted by Gasteiger charge is 2.11. The molecule has 0 amide bonds. The molecule has 0 aromatic heterocycles. The van der Waals surface area contributed by atoms with Gasteiger partial charge in [0.15, 0.2) is 0 Å². The second-order valence-electron chi connectivity index (χ2n) is 4.70. The van der Waals surface area contributed by atoms with Gasteiger partial charge in [-0.05, 0) is 51.8 Å². The third kappa shape index (κ3) is 3.49. The monoisotopic (exact) mass is 217 g/mol. The molecule has 1 aromatic rings. The van der Waals surface area contributed by atoms with E-state index < -0.39 is 0 Å². The van der Waals surface area contributed by atoms with E-state index in [2.05, 4.69) is 50.9 Å². The van der Waals surface area contributed by atoms with E-state index in [0.29, 0.717) is 6.04 Å². The third-order valence-electron chi connectivity index (χ3n) is 3.01. The maximum atomic E-state index is 3.96. The summed E-state index contributed by atoms with van der Waals surface area (Å²) in [5.41, 5.74) is 5.37. The second-order valence-corrected chi connectivity index (χ2v) is 4.70. The van der Waals surface area contributed by atoms with Gasteiger partial charge in [-0.15, -0.1) is 6.58 Å². The third-order valence-corrected chi connectivity index (χ3v) is 3.01. The van der Waals surface area contributed by atoms with Crippen molar-refractivity contribution in [2.45, 2.75) is 39.7 Å². The number of hydrogen-bond acceptors (Lipinski definition) is 1. The lowest BCUT2D eigenvalue weighted by Gasteiger charge is -2.19. The molecule has 1 N–H and O–H groups in total. The van der Waals surface area contributed by atoms with Gasteiger partial charge in [-0.1, -0.05) is 29.3 Å². The zero-order valence-electron chi connectivity index (χ0n) is 10.9. The molecule has 1 aromatic carbocycles. The normalized spacial score (nSPS) is 12.5. The highest BCUT2D eigenvalue weighted by molar-refractivity contribution is 5.32. The summed E-state index contributed by atoms with van der Waals surface area (Å²) >= 11 is 0. The summed E-state index contributed by atoms with van der Waals surface area (Å²) in [6, 6.07) is 7.12. The molecule has 88 valence electrons. The first kappa shape index (κ1) is 13.0. The highest BCUT2D eigenvalue weighted by Crippen LogP contribution is 2.23. The lowest BCUT2D eigenvalue weighted by molar-refractivity contribution is 0.545. The number of allylic oxidation sites excluding steroid dienone is 1. The van der Waals surface area contributed by atoms with Crippen molar-refractivity contribution in [3.8, 4) is 0 Å². The van der Waals surface area contributed by atoms with E-state index in [1.54, 1.807) is 0 Å². The summed E-state index contributed by atoms with van der Waals surface area (Å²) in [5.74, 6) is 0. The summed E-state index contributed by atoms with van der Waals surface area (Å²) in [6.07, 6.45) is 2.20. The van der Waals surface area contributed by atoms with Crippen molar-refractivity contribution in [2.24, 2.45) is 0 Å². The van der Waals surface area contributed by atoms with Crippen molar-refractivity contribution in [1.29, 1.82) is 0 Å². The standard InChI is InChI=1S/C15H23N/c1-11(2)6-9-15(16-5)14-8-7-12(3)10-13(14)4/h7-8,10,15-16H,1,6,9H2,2-5H3. The van der Waals surface area contributed by atoms with Gasteiger partial charge in [0.2, 0.25) is 0 Å². The van der Waals surface area contributed by atoms with Crippen molar-refractivity contribution in [2.75, 3.05) is 7.05 Å². The summed E-state index contributed by atoms with van der Waals surface area (Å²) in [7, 11) is 2.03. The molecular formula is C15H23N. The summed E-state index contributed by atoms with van der Waals surface area (Å²) < 4.78 is 0. The van der Waals surface area contributed by atoms with E-state index in [1.807, 2.05) is 7.05 Å². The number of benzene rings is 1. The molecule has 0 radical (unpaired) electrons. The van der Waals surface area contributed by atoms with E-state index in [-0.39, 0.29) is 0 Å². The molecule has 1 unspecified atom stereocenters. The molecule has 0 aliphatic rings. The van der Waals surface area contributed by atoms with Gasteiger partial charge in [0.1, 0.15) is 0 Å². The summed E-state index contributed by atoms with van der Waals surface area (Å²) in [5, 5.41) is 3.39. The highest BCUT2D eigenvalue weighted by atomic mass is 14.9. The Morgan fingerprint density at radius 3 is 2.56 bits per heavy atom. The van der Waals surface area contributed by atoms with Crippen LogP contribution in [-0.2, 0) is 0 Å². The predicted molar refractivity (Wildman–Crippen MR) is 71.8 cm³/mol. The van der Waals surface area contributed by atoms with Crippen molar-refractivity contribution in [1.82, 2.24) is 5.32 Å². The first-order valence-electron chi connectivity index (χ1n) is 5.93. The van der Waals surface area contributed by atoms with Gasteiger partial charge in [0, 0.05) is 6.04 Å². The quantitative estimate of drug-likeness (QED) is 0.737. The van der Waals surface area contributed by atoms with Gasteiger partial charge in [-0.2, -0.15) is 0 Å². The van der Waals surface area contributed by atoms with Crippen LogP contribution in [0.25, 0.3) is 0 Å². The van der Waals surface area contributed by atoms with Crippen LogP contribution in [-0.4, -0.2) is 7.05 Å². The van der Waals surface area contributed by atoms with Crippen LogP contribution >= 0.6 is 0 Å². The summed E-state index contributed by atoms with van der Waals surface area (Å²) in [6.45, 7) is 10.4. The van der Waals surface area contributed by atoms with Crippen LogP contribution < -0.4 is 5.32 Å². The number of rotatable bonds is 5. The largest absolute Gasteiger partial charge is 0.313 e. The molecule has 1 nitrogen and oxygen atoms in total. The molecule has 1 rings (SSSR count). The number of hydrogen-bond donors (Lipinski definition) is 1. The molecule has 1 atom stereocenters. The fourth-order valence-corrected chi connectivity index (χ4v) is 2.06. The molecule has 0 saturated heterocycles. The molecule has 0 aliphatic heterocycles. The molecule has 0 saturated carbocycles. The van der Waals surface area contributed by atoms with E-state index in [0.717, 1.165) is 12.8 Å². The maximum absolute atomic E-state index is 3.96. The van der Waals surface area contributed by atoms with E-state index >= 15 is 0 Å². The van der Waals surface area contributed by atoms with Gasteiger partial charge in [0.05, 0.1) is 0 Å². The van der Waals surface area contributed by atoms with Crippen LogP contribution in [0.2, 0.25) is 0 Å². The molecule has 16 heavy (non-hydrogen) atoms. The molecule has 0 fully saturated rings. The Hall–Kier alpha value is -1.08. The Morgan fingerprint density at radius 2 is 2.06 bits per heavy atom. The number of nitrogens with one attached hydrogen (secondary N) is 1. The number of aryl methyl sites for hydroxylation is 2. The topological polar surface area (TPSA) is 12.0 Å². The Labute approximate surface area is 99.6 Å². The van der Waals surface area contributed by atoms with E-state index in [9.17, 15) is 0 Å². The fourth-order valence-electron chi connectivity index (χ4n) is 2.06. The Bertz CT molecular complexity index is 366. The van der Waals surface area contributed by atoms with Crippen molar-refractivity contribution in [3.63, 3.8) is 0 Å². The van der Waals surface area contributed by atoms with Crippen LogP contribution in [0.5, 0.6) is 0 Å². The fraction of sp³-hybridized carbons (Fsp3) is 0.467. The van der Waals surface area contributed by atoms with Crippen LogP contribution in [0.3, 0.4) is 0 Å². The van der Waals surface area contributed by atoms with Gasteiger partial charge in [0.25, 0.3) is 0 Å². The van der Waals surface area contributed by atoms with E-state index in [4.69, 9.17) is 0 Å². The zero-order valence-corrected chi connectivity index (χ0v) is 10.9. The Kier molecular flexibility index (Phi) is 4.75. The minimum Gasteiger partial charge on any atom is -0.313 e. The summed E-state index contributed by atoms with van der Waals surface area (Å²) in [4.78, 5) is 0. The first-order valence-corrected chi connectivity index (χ1v) is 5.93. The van der Waals surface area contributed by atoms with E-state index in [1.165, 1.54) is 22.3 Å². The second kappa shape index (κ2) is 5.86. The molecule has 0 aliphatic carbocycles. The molecule has 1 heteroatoms. The van der Waals surface area contributed by atoms with Gasteiger partial charge < -0.3 is 5.32 Å². The van der Waals surface area contributed by atoms with Crippen LogP contribution in [0, 0.1) is 13.8 Å². The van der Waals surface area contributed by atoms with Gasteiger partial charge >= 0.3 is 0 Å². The zero-order chi connectivity index (χ0) is 12.1.